The Kier molecular flexibility index (Phi) is 1.87. The number of hydrogen-bond donors (Lipinski definition) is 0. The van der Waals surface area contributed by atoms with Gasteiger partial charge in [0.05, 0.1) is 0 Å². The Hall–Kier alpha value is -0.470. The molecule has 0 saturated heterocycles. The van der Waals surface area contributed by atoms with Gasteiger partial charge in [0.1, 0.15) is 6.67 Å². The van der Waals surface area contributed by atoms with E-state index in [-0.39, 0.29) is 6.29 Å². The van der Waals surface area contributed by atoms with Gasteiger partial charge < -0.3 is 0 Å². The van der Waals surface area contributed by atoms with Crippen LogP contribution in [0.4, 0.5) is 8.78 Å². The van der Waals surface area contributed by atoms with Crippen molar-refractivity contribution in [2.75, 3.05) is 6.67 Å². The standard InChI is InChI=1S/C4H6F2O/c1-4(6,2-5)3-7/h3H,2H2,1H3/t4-/m1/s1. The molecule has 0 N–H and O–H groups in total. The van der Waals surface area contributed by atoms with Gasteiger partial charge in [0.25, 0.3) is 0 Å². The first-order valence-corrected chi connectivity index (χ1v) is 1.83. The molecule has 0 amide bonds. The van der Waals surface area contributed by atoms with E-state index >= 15 is 0 Å². The lowest BCUT2D eigenvalue weighted by Crippen LogP contribution is -2.21. The van der Waals surface area contributed by atoms with Crippen molar-refractivity contribution in [3.63, 3.8) is 0 Å². The summed E-state index contributed by atoms with van der Waals surface area (Å²) in [6.07, 6.45) is -0.0486. The van der Waals surface area contributed by atoms with E-state index in [0.29, 0.717) is 0 Å². The molecule has 0 radical (unpaired) electrons. The van der Waals surface area contributed by atoms with E-state index in [9.17, 15) is 13.6 Å². The van der Waals surface area contributed by atoms with E-state index in [1.54, 1.807) is 0 Å². The summed E-state index contributed by atoms with van der Waals surface area (Å²) >= 11 is 0. The summed E-state index contributed by atoms with van der Waals surface area (Å²) < 4.78 is 23.0. The van der Waals surface area contributed by atoms with E-state index in [4.69, 9.17) is 0 Å². The molecule has 1 atom stereocenters. The van der Waals surface area contributed by atoms with Gasteiger partial charge in [-0.3, -0.25) is 4.79 Å². The summed E-state index contributed by atoms with van der Waals surface area (Å²) in [6, 6.07) is 0. The largest absolute Gasteiger partial charge is 0.300 e. The summed E-state index contributed by atoms with van der Waals surface area (Å²) in [7, 11) is 0. The van der Waals surface area contributed by atoms with Gasteiger partial charge in [0.2, 0.25) is 0 Å². The molecule has 0 fully saturated rings. The smallest absolute Gasteiger partial charge is 0.191 e. The van der Waals surface area contributed by atoms with E-state index in [1.807, 2.05) is 0 Å². The predicted octanol–water partition coefficient (Wildman–Crippen LogP) is 0.883. The minimum Gasteiger partial charge on any atom is -0.300 e. The van der Waals surface area contributed by atoms with Crippen LogP contribution in [0.1, 0.15) is 6.92 Å². The van der Waals surface area contributed by atoms with Crippen molar-refractivity contribution >= 4 is 6.29 Å². The average Bonchev–Trinajstić information content (AvgIpc) is 1.68. The highest BCUT2D eigenvalue weighted by Crippen LogP contribution is 2.04. The first-order chi connectivity index (χ1) is 3.12. The molecule has 0 aromatic heterocycles. The molecule has 0 aliphatic rings. The van der Waals surface area contributed by atoms with Crippen LogP contribution in [0, 0.1) is 0 Å². The third kappa shape index (κ3) is 2.25. The van der Waals surface area contributed by atoms with E-state index < -0.39 is 12.3 Å². The fourth-order valence-electron chi connectivity index (χ4n) is 0.0315. The maximum atomic E-state index is 11.8. The van der Waals surface area contributed by atoms with Crippen LogP contribution < -0.4 is 0 Å². The molecule has 0 aliphatic heterocycles. The van der Waals surface area contributed by atoms with Crippen molar-refractivity contribution in [2.45, 2.75) is 12.6 Å². The second-order valence-electron chi connectivity index (χ2n) is 1.53. The fraction of sp³-hybridized carbons (Fsp3) is 0.750. The molecule has 0 spiro atoms. The molecule has 0 aliphatic carbocycles. The van der Waals surface area contributed by atoms with Crippen LogP contribution >= 0.6 is 0 Å². The van der Waals surface area contributed by atoms with E-state index in [0.717, 1.165) is 6.92 Å². The second-order valence-corrected chi connectivity index (χ2v) is 1.53. The topological polar surface area (TPSA) is 17.1 Å². The Morgan fingerprint density at radius 3 is 2.29 bits per heavy atom. The minimum absolute atomic E-state index is 0.0486. The van der Waals surface area contributed by atoms with E-state index in [2.05, 4.69) is 0 Å². The van der Waals surface area contributed by atoms with Crippen molar-refractivity contribution in [1.82, 2.24) is 0 Å². The molecule has 0 rings (SSSR count). The number of aldehydes is 1. The van der Waals surface area contributed by atoms with Gasteiger partial charge in [0.15, 0.2) is 12.0 Å². The van der Waals surface area contributed by atoms with Crippen LogP contribution in [-0.2, 0) is 4.79 Å². The highest BCUT2D eigenvalue weighted by Gasteiger charge is 2.20. The first-order valence-electron chi connectivity index (χ1n) is 1.83. The molecule has 42 valence electrons. The predicted molar refractivity (Wildman–Crippen MR) is 21.6 cm³/mol. The maximum absolute atomic E-state index is 11.8. The average molecular weight is 108 g/mol. The highest BCUT2D eigenvalue weighted by molar-refractivity contribution is 5.61. The zero-order chi connectivity index (χ0) is 5.91. The summed E-state index contributed by atoms with van der Waals surface area (Å²) in [4.78, 5) is 9.44. The monoisotopic (exact) mass is 108 g/mol. The molecular formula is C4H6F2O. The van der Waals surface area contributed by atoms with Gasteiger partial charge >= 0.3 is 0 Å². The number of carbonyl (C=O) groups excluding carboxylic acids is 1. The molecule has 0 saturated carbocycles. The van der Waals surface area contributed by atoms with Gasteiger partial charge in [-0.2, -0.15) is 0 Å². The number of alkyl halides is 2. The lowest BCUT2D eigenvalue weighted by Gasteiger charge is -2.02. The van der Waals surface area contributed by atoms with Crippen LogP contribution in [0.25, 0.3) is 0 Å². The molecule has 7 heavy (non-hydrogen) atoms. The van der Waals surface area contributed by atoms with Crippen LogP contribution in [0.5, 0.6) is 0 Å². The number of carbonyl (C=O) groups is 1. The quantitative estimate of drug-likeness (QED) is 0.480. The first kappa shape index (κ1) is 6.53. The van der Waals surface area contributed by atoms with Crippen LogP contribution in [0.2, 0.25) is 0 Å². The third-order valence-corrected chi connectivity index (χ3v) is 0.507. The summed E-state index contributed by atoms with van der Waals surface area (Å²) in [5.41, 5.74) is -2.26. The number of rotatable bonds is 2. The lowest BCUT2D eigenvalue weighted by molar-refractivity contribution is -0.117. The van der Waals surface area contributed by atoms with Crippen LogP contribution in [0.3, 0.4) is 0 Å². The van der Waals surface area contributed by atoms with Crippen molar-refractivity contribution < 1.29 is 13.6 Å². The molecule has 3 heteroatoms. The van der Waals surface area contributed by atoms with Gasteiger partial charge in [-0.15, -0.1) is 0 Å². The molecule has 1 nitrogen and oxygen atoms in total. The van der Waals surface area contributed by atoms with Crippen molar-refractivity contribution in [2.24, 2.45) is 0 Å². The van der Waals surface area contributed by atoms with Crippen LogP contribution in [-0.4, -0.2) is 18.6 Å². The Morgan fingerprint density at radius 1 is 1.86 bits per heavy atom. The van der Waals surface area contributed by atoms with Crippen molar-refractivity contribution in [1.29, 1.82) is 0 Å². The lowest BCUT2D eigenvalue weighted by atomic mass is 10.2. The van der Waals surface area contributed by atoms with Gasteiger partial charge in [-0.1, -0.05) is 0 Å². The normalized spacial score (nSPS) is 18.1. The van der Waals surface area contributed by atoms with Gasteiger partial charge in [-0.25, -0.2) is 8.78 Å². The zero-order valence-electron chi connectivity index (χ0n) is 3.95. The van der Waals surface area contributed by atoms with E-state index in [1.165, 1.54) is 0 Å². The minimum atomic E-state index is -2.26. The molecule has 0 unspecified atom stereocenters. The van der Waals surface area contributed by atoms with Crippen molar-refractivity contribution in [3.8, 4) is 0 Å². The summed E-state index contributed by atoms with van der Waals surface area (Å²) in [6.45, 7) is -0.351. The Labute approximate surface area is 40.3 Å². The molecule has 0 heterocycles. The second kappa shape index (κ2) is 2.00. The van der Waals surface area contributed by atoms with Gasteiger partial charge in [0, 0.05) is 0 Å². The molecular weight excluding hydrogens is 102 g/mol. The molecule has 0 aromatic rings. The van der Waals surface area contributed by atoms with Gasteiger partial charge in [-0.05, 0) is 6.92 Å². The summed E-state index contributed by atoms with van der Waals surface area (Å²) in [5, 5.41) is 0. The zero-order valence-corrected chi connectivity index (χ0v) is 3.95. The fourth-order valence-corrected chi connectivity index (χ4v) is 0.0315. The highest BCUT2D eigenvalue weighted by atomic mass is 19.2. The third-order valence-electron chi connectivity index (χ3n) is 0.507. The number of halogens is 2. The Balaban J connectivity index is 3.58. The maximum Gasteiger partial charge on any atom is 0.191 e. The number of hydrogen-bond acceptors (Lipinski definition) is 1. The Bertz CT molecular complexity index is 70.1. The van der Waals surface area contributed by atoms with Crippen LogP contribution in [0.15, 0.2) is 0 Å². The Morgan fingerprint density at radius 2 is 2.29 bits per heavy atom. The molecule has 0 aromatic carbocycles. The summed E-state index contributed by atoms with van der Waals surface area (Å²) in [5.74, 6) is 0. The SMILES string of the molecule is C[C@](F)(C=O)CF. The van der Waals surface area contributed by atoms with Crippen molar-refractivity contribution in [3.05, 3.63) is 0 Å². The molecule has 0 bridgehead atoms.